The van der Waals surface area contributed by atoms with Crippen LogP contribution in [0.5, 0.6) is 11.5 Å². The van der Waals surface area contributed by atoms with Crippen LogP contribution in [0.2, 0.25) is 5.02 Å². The van der Waals surface area contributed by atoms with Gasteiger partial charge in [-0.1, -0.05) is 23.7 Å². The predicted molar refractivity (Wildman–Crippen MR) is 86.3 cm³/mol. The van der Waals surface area contributed by atoms with E-state index < -0.39 is 22.0 Å². The molecule has 3 rings (SSSR count). The maximum atomic E-state index is 12.1. The molecule has 0 saturated carbocycles. The molecule has 1 aliphatic heterocycles. The van der Waals surface area contributed by atoms with E-state index in [0.29, 0.717) is 16.5 Å². The summed E-state index contributed by atoms with van der Waals surface area (Å²) in [6.07, 6.45) is -0.965. The van der Waals surface area contributed by atoms with Crippen LogP contribution in [0.4, 0.5) is 0 Å². The number of fused-ring (bicyclic) bond motifs is 1. The Labute approximate surface area is 143 Å². The van der Waals surface area contributed by atoms with Crippen molar-refractivity contribution in [2.45, 2.75) is 11.0 Å². The lowest BCUT2D eigenvalue weighted by Crippen LogP contribution is -2.50. The third-order valence-electron chi connectivity index (χ3n) is 3.23. The van der Waals surface area contributed by atoms with Gasteiger partial charge < -0.3 is 9.47 Å². The summed E-state index contributed by atoms with van der Waals surface area (Å²) in [5, 5.41) is 0.407. The largest absolute Gasteiger partial charge is 0.485 e. The zero-order valence-electron chi connectivity index (χ0n) is 12.2. The zero-order valence-corrected chi connectivity index (χ0v) is 13.8. The van der Waals surface area contributed by atoms with Crippen molar-refractivity contribution >= 4 is 27.5 Å². The smallest absolute Gasteiger partial charge is 0.279 e. The highest BCUT2D eigenvalue weighted by Crippen LogP contribution is 2.30. The van der Waals surface area contributed by atoms with E-state index in [2.05, 4.69) is 5.43 Å². The van der Waals surface area contributed by atoms with Gasteiger partial charge >= 0.3 is 0 Å². The first-order valence-electron chi connectivity index (χ1n) is 6.91. The van der Waals surface area contributed by atoms with E-state index in [0.717, 1.165) is 0 Å². The minimum atomic E-state index is -3.91. The average Bonchev–Trinajstić information content (AvgIpc) is 2.59. The van der Waals surface area contributed by atoms with Crippen molar-refractivity contribution in [2.75, 3.05) is 6.61 Å². The van der Waals surface area contributed by atoms with Crippen LogP contribution >= 0.6 is 11.6 Å². The van der Waals surface area contributed by atoms with Crippen LogP contribution in [0.1, 0.15) is 0 Å². The highest BCUT2D eigenvalue weighted by Gasteiger charge is 2.28. The molecule has 1 atom stereocenters. The van der Waals surface area contributed by atoms with Crippen LogP contribution in [-0.2, 0) is 14.8 Å². The minimum Gasteiger partial charge on any atom is -0.485 e. The molecule has 0 spiro atoms. The van der Waals surface area contributed by atoms with Gasteiger partial charge in [0.1, 0.15) is 6.61 Å². The molecular weight excluding hydrogens is 356 g/mol. The summed E-state index contributed by atoms with van der Waals surface area (Å²) < 4.78 is 35.1. The Morgan fingerprint density at radius 1 is 1.08 bits per heavy atom. The number of sulfonamides is 1. The molecule has 0 radical (unpaired) electrons. The summed E-state index contributed by atoms with van der Waals surface area (Å²) in [7, 11) is -3.91. The van der Waals surface area contributed by atoms with Crippen molar-refractivity contribution in [3.05, 3.63) is 53.6 Å². The number of ether oxygens (including phenoxy) is 2. The lowest BCUT2D eigenvalue weighted by Gasteiger charge is -2.25. The molecular formula is C15H13ClN2O5S. The van der Waals surface area contributed by atoms with Gasteiger partial charge in [-0.3, -0.25) is 10.2 Å². The van der Waals surface area contributed by atoms with Crippen molar-refractivity contribution in [1.29, 1.82) is 0 Å². The number of nitrogens with one attached hydrogen (secondary N) is 2. The molecule has 24 heavy (non-hydrogen) atoms. The van der Waals surface area contributed by atoms with Crippen molar-refractivity contribution in [1.82, 2.24) is 10.3 Å². The topological polar surface area (TPSA) is 93.7 Å². The van der Waals surface area contributed by atoms with Gasteiger partial charge in [-0.25, -0.2) is 8.42 Å². The third kappa shape index (κ3) is 3.61. The summed E-state index contributed by atoms with van der Waals surface area (Å²) in [6, 6.07) is 12.4. The number of hydrogen-bond donors (Lipinski definition) is 2. The number of benzene rings is 2. The summed E-state index contributed by atoms with van der Waals surface area (Å²) in [5.74, 6) is 0.287. The molecule has 2 N–H and O–H groups in total. The monoisotopic (exact) mass is 368 g/mol. The molecule has 0 bridgehead atoms. The number of rotatable bonds is 4. The number of hydrazine groups is 1. The molecule has 0 aromatic heterocycles. The second-order valence-corrected chi connectivity index (χ2v) is 7.03. The minimum absolute atomic E-state index is 0.0223. The van der Waals surface area contributed by atoms with Gasteiger partial charge in [-0.05, 0) is 36.4 Å². The third-order valence-corrected chi connectivity index (χ3v) is 4.75. The average molecular weight is 369 g/mol. The fourth-order valence-corrected chi connectivity index (χ4v) is 2.99. The molecule has 126 valence electrons. The summed E-state index contributed by atoms with van der Waals surface area (Å²) in [4.78, 5) is 14.1. The lowest BCUT2D eigenvalue weighted by atomic mass is 10.2. The van der Waals surface area contributed by atoms with Crippen LogP contribution < -0.4 is 19.7 Å². The maximum absolute atomic E-state index is 12.1. The molecule has 7 nitrogen and oxygen atoms in total. The van der Waals surface area contributed by atoms with Crippen LogP contribution in [0.15, 0.2) is 53.4 Å². The molecule has 1 aliphatic rings. The van der Waals surface area contributed by atoms with Gasteiger partial charge in [0.2, 0.25) is 6.10 Å². The van der Waals surface area contributed by atoms with Crippen LogP contribution in [0.3, 0.4) is 0 Å². The van der Waals surface area contributed by atoms with Gasteiger partial charge in [-0.15, -0.1) is 4.83 Å². The Bertz CT molecular complexity index is 854. The summed E-state index contributed by atoms with van der Waals surface area (Å²) >= 11 is 5.72. The maximum Gasteiger partial charge on any atom is 0.279 e. The van der Waals surface area contributed by atoms with Crippen molar-refractivity contribution in [3.8, 4) is 11.5 Å². The van der Waals surface area contributed by atoms with Crippen LogP contribution in [0, 0.1) is 0 Å². The number of amides is 1. The number of carbonyl (C=O) groups excluding carboxylic acids is 1. The normalized spacial score (nSPS) is 16.5. The molecule has 9 heteroatoms. The van der Waals surface area contributed by atoms with E-state index in [9.17, 15) is 13.2 Å². The van der Waals surface area contributed by atoms with Crippen LogP contribution in [0.25, 0.3) is 0 Å². The van der Waals surface area contributed by atoms with E-state index in [1.165, 1.54) is 24.3 Å². The zero-order chi connectivity index (χ0) is 17.2. The Morgan fingerprint density at radius 2 is 1.75 bits per heavy atom. The molecule has 1 heterocycles. The van der Waals surface area contributed by atoms with Gasteiger partial charge in [0.25, 0.3) is 15.9 Å². The number of carbonyl (C=O) groups is 1. The molecule has 0 aliphatic carbocycles. The summed E-state index contributed by atoms with van der Waals surface area (Å²) in [6.45, 7) is -0.0223. The second-order valence-electron chi connectivity index (χ2n) is 4.91. The van der Waals surface area contributed by atoms with Gasteiger partial charge in [0.15, 0.2) is 11.5 Å². The number of halogens is 1. The second kappa shape index (κ2) is 6.68. The predicted octanol–water partition coefficient (Wildman–Crippen LogP) is 1.49. The Morgan fingerprint density at radius 3 is 2.46 bits per heavy atom. The van der Waals surface area contributed by atoms with E-state index in [1.807, 2.05) is 4.83 Å². The van der Waals surface area contributed by atoms with Gasteiger partial charge in [0, 0.05) is 5.02 Å². The first kappa shape index (κ1) is 16.6. The van der Waals surface area contributed by atoms with Crippen molar-refractivity contribution in [2.24, 2.45) is 0 Å². The molecule has 0 saturated heterocycles. The fraction of sp³-hybridized carbons (Fsp3) is 0.133. The Balaban J connectivity index is 1.63. The highest BCUT2D eigenvalue weighted by molar-refractivity contribution is 7.89. The highest BCUT2D eigenvalue weighted by atomic mass is 35.5. The van der Waals surface area contributed by atoms with Gasteiger partial charge in [0.05, 0.1) is 4.90 Å². The van der Waals surface area contributed by atoms with Crippen molar-refractivity contribution in [3.63, 3.8) is 0 Å². The van der Waals surface area contributed by atoms with E-state index >= 15 is 0 Å². The quantitative estimate of drug-likeness (QED) is 0.797. The Kier molecular flexibility index (Phi) is 4.61. The molecule has 0 fully saturated rings. The first-order chi connectivity index (χ1) is 11.5. The Hall–Kier alpha value is -2.29. The molecule has 0 unspecified atom stereocenters. The van der Waals surface area contributed by atoms with E-state index in [4.69, 9.17) is 21.1 Å². The summed E-state index contributed by atoms with van der Waals surface area (Å²) in [5.41, 5.74) is 2.12. The van der Waals surface area contributed by atoms with Gasteiger partial charge in [-0.2, -0.15) is 0 Å². The SMILES string of the molecule is O=C(NNS(=O)(=O)c1ccc(Cl)cc1)[C@@H]1COc2ccccc2O1. The standard InChI is InChI=1S/C15H13ClN2O5S/c16-10-5-7-11(8-6-10)24(20,21)18-17-15(19)14-9-22-12-3-1-2-4-13(12)23-14/h1-8,14,18H,9H2,(H,17,19)/t14-/m0/s1. The molecule has 1 amide bonds. The van der Waals surface area contributed by atoms with Crippen molar-refractivity contribution < 1.29 is 22.7 Å². The van der Waals surface area contributed by atoms with E-state index in [-0.39, 0.29) is 11.5 Å². The number of hydrogen-bond acceptors (Lipinski definition) is 5. The molecule has 2 aromatic rings. The molecule has 2 aromatic carbocycles. The van der Waals surface area contributed by atoms with E-state index in [1.54, 1.807) is 24.3 Å². The first-order valence-corrected chi connectivity index (χ1v) is 8.77. The number of para-hydroxylation sites is 2. The lowest BCUT2D eigenvalue weighted by molar-refractivity contribution is -0.130. The van der Waals surface area contributed by atoms with Crippen LogP contribution in [-0.4, -0.2) is 27.0 Å². The fourth-order valence-electron chi connectivity index (χ4n) is 2.02.